The van der Waals surface area contributed by atoms with Crippen LogP contribution in [0.4, 0.5) is 0 Å². The Morgan fingerprint density at radius 1 is 1.15 bits per heavy atom. The van der Waals surface area contributed by atoms with E-state index in [0.717, 1.165) is 11.1 Å². The number of benzene rings is 1. The highest BCUT2D eigenvalue weighted by Gasteiger charge is 2.43. The van der Waals surface area contributed by atoms with Crippen LogP contribution < -0.4 is 9.61 Å². The summed E-state index contributed by atoms with van der Waals surface area (Å²) in [5, 5.41) is 12.7. The van der Waals surface area contributed by atoms with Gasteiger partial charge in [0.1, 0.15) is 11.3 Å². The molecule has 0 saturated heterocycles. The second-order valence-electron chi connectivity index (χ2n) is 8.34. The third kappa shape index (κ3) is 5.58. The van der Waals surface area contributed by atoms with E-state index in [1.54, 1.807) is 20.8 Å². The molecule has 1 rings (SSSR count). The van der Waals surface area contributed by atoms with Crippen molar-refractivity contribution >= 4 is 13.5 Å². The third-order valence-corrected chi connectivity index (χ3v) is 7.40. The SMILES string of the molecule is CCCP(=O)(NC(C)(C(=O)O)C(C)C)Oc1c(C(C)C)cccc1C(C)C. The topological polar surface area (TPSA) is 75.6 Å². The fourth-order valence-corrected chi connectivity index (χ4v) is 5.34. The molecular weight excluding hydrogens is 361 g/mol. The van der Waals surface area contributed by atoms with Gasteiger partial charge < -0.3 is 9.63 Å². The normalized spacial score (nSPS) is 16.4. The van der Waals surface area contributed by atoms with Gasteiger partial charge in [0.15, 0.2) is 0 Å². The minimum absolute atomic E-state index is 0.199. The first-order chi connectivity index (χ1) is 12.4. The molecule has 0 heterocycles. The Balaban J connectivity index is 3.47. The predicted octanol–water partition coefficient (Wildman–Crippen LogP) is 6.00. The number of carboxylic acid groups (broad SMARTS) is 1. The lowest BCUT2D eigenvalue weighted by Crippen LogP contribution is -2.52. The molecule has 0 aliphatic carbocycles. The van der Waals surface area contributed by atoms with E-state index in [1.807, 2.05) is 25.1 Å². The molecule has 1 aromatic rings. The molecular formula is C21H36NO4P. The Bertz CT molecular complexity index is 673. The number of para-hydroxylation sites is 1. The molecule has 0 radical (unpaired) electrons. The van der Waals surface area contributed by atoms with Gasteiger partial charge in [0, 0.05) is 6.16 Å². The second kappa shape index (κ2) is 9.25. The quantitative estimate of drug-likeness (QED) is 0.473. The van der Waals surface area contributed by atoms with Gasteiger partial charge in [0.05, 0.1) is 0 Å². The second-order valence-corrected chi connectivity index (χ2v) is 10.5. The summed E-state index contributed by atoms with van der Waals surface area (Å²) in [6.45, 7) is 15.4. The molecule has 0 saturated carbocycles. The van der Waals surface area contributed by atoms with E-state index in [0.29, 0.717) is 12.2 Å². The van der Waals surface area contributed by atoms with Crippen LogP contribution >= 0.6 is 7.52 Å². The van der Waals surface area contributed by atoms with Gasteiger partial charge >= 0.3 is 13.5 Å². The van der Waals surface area contributed by atoms with E-state index in [4.69, 9.17) is 4.52 Å². The Morgan fingerprint density at radius 2 is 1.63 bits per heavy atom. The monoisotopic (exact) mass is 397 g/mol. The summed E-state index contributed by atoms with van der Waals surface area (Å²) < 4.78 is 20.0. The smallest absolute Gasteiger partial charge is 0.324 e. The van der Waals surface area contributed by atoms with Gasteiger partial charge in [-0.25, -0.2) is 5.09 Å². The number of carboxylic acids is 1. The van der Waals surface area contributed by atoms with Crippen LogP contribution in [0.5, 0.6) is 5.75 Å². The number of hydrogen-bond donors (Lipinski definition) is 2. The van der Waals surface area contributed by atoms with E-state index >= 15 is 0 Å². The standard InChI is InChI=1S/C21H36NO4P/c1-9-13-27(25,22-21(8,16(6)7)20(23)24)26-19-17(14(2)3)11-10-12-18(19)15(4)5/h10-12,14-16H,9,13H2,1-8H3,(H,22,25)(H,23,24). The fraction of sp³-hybridized carbons (Fsp3) is 0.667. The molecule has 5 nitrogen and oxygen atoms in total. The zero-order valence-electron chi connectivity index (χ0n) is 18.0. The van der Waals surface area contributed by atoms with E-state index in [1.165, 1.54) is 0 Å². The summed E-state index contributed by atoms with van der Waals surface area (Å²) in [7, 11) is -3.43. The van der Waals surface area contributed by atoms with Crippen molar-refractivity contribution in [3.8, 4) is 5.75 Å². The number of carbonyl (C=O) groups is 1. The molecule has 0 amide bonds. The zero-order chi connectivity index (χ0) is 21.0. The minimum Gasteiger partial charge on any atom is -0.480 e. The lowest BCUT2D eigenvalue weighted by Gasteiger charge is -2.35. The largest absolute Gasteiger partial charge is 0.480 e. The molecule has 0 fully saturated rings. The van der Waals surface area contributed by atoms with Crippen LogP contribution in [-0.4, -0.2) is 22.8 Å². The maximum absolute atomic E-state index is 13.8. The number of nitrogens with one attached hydrogen (secondary N) is 1. The van der Waals surface area contributed by atoms with Gasteiger partial charge in [0.25, 0.3) is 0 Å². The van der Waals surface area contributed by atoms with Gasteiger partial charge in [-0.15, -0.1) is 0 Å². The first kappa shape index (κ1) is 23.7. The lowest BCUT2D eigenvalue weighted by atomic mass is 9.90. The third-order valence-electron chi connectivity index (χ3n) is 5.08. The van der Waals surface area contributed by atoms with Crippen LogP contribution in [0.3, 0.4) is 0 Å². The number of hydrogen-bond acceptors (Lipinski definition) is 3. The molecule has 0 aromatic heterocycles. The van der Waals surface area contributed by atoms with Crippen molar-refractivity contribution in [3.05, 3.63) is 29.3 Å². The first-order valence-corrected chi connectivity index (χ1v) is 11.6. The maximum Gasteiger partial charge on any atom is 0.324 e. The Morgan fingerprint density at radius 3 is 1.96 bits per heavy atom. The van der Waals surface area contributed by atoms with Gasteiger partial charge in [-0.3, -0.25) is 9.36 Å². The molecule has 0 aliphatic heterocycles. The van der Waals surface area contributed by atoms with E-state index in [2.05, 4.69) is 32.8 Å². The molecule has 0 spiro atoms. The lowest BCUT2D eigenvalue weighted by molar-refractivity contribution is -0.145. The summed E-state index contributed by atoms with van der Waals surface area (Å²) in [6.07, 6.45) is 0.894. The Labute approximate surface area is 164 Å². The van der Waals surface area contributed by atoms with Crippen molar-refractivity contribution in [1.82, 2.24) is 5.09 Å². The average molecular weight is 397 g/mol. The van der Waals surface area contributed by atoms with Gasteiger partial charge in [-0.1, -0.05) is 66.7 Å². The summed E-state index contributed by atoms with van der Waals surface area (Å²) in [4.78, 5) is 11.9. The minimum atomic E-state index is -3.43. The molecule has 2 unspecified atom stereocenters. The van der Waals surface area contributed by atoms with Crippen LogP contribution in [0.25, 0.3) is 0 Å². The molecule has 2 atom stereocenters. The van der Waals surface area contributed by atoms with Crippen LogP contribution in [0, 0.1) is 5.92 Å². The Kier molecular flexibility index (Phi) is 8.13. The molecule has 0 bridgehead atoms. The highest BCUT2D eigenvalue weighted by Crippen LogP contribution is 2.50. The van der Waals surface area contributed by atoms with Gasteiger partial charge in [-0.2, -0.15) is 0 Å². The highest BCUT2D eigenvalue weighted by molar-refractivity contribution is 7.57. The average Bonchev–Trinajstić information content (AvgIpc) is 2.53. The summed E-state index contributed by atoms with van der Waals surface area (Å²) >= 11 is 0. The highest BCUT2D eigenvalue weighted by atomic mass is 31.2. The van der Waals surface area contributed by atoms with Crippen molar-refractivity contribution in [2.45, 2.75) is 79.2 Å². The molecule has 1 aromatic carbocycles. The fourth-order valence-electron chi connectivity index (χ4n) is 2.93. The predicted molar refractivity (Wildman–Crippen MR) is 112 cm³/mol. The van der Waals surface area contributed by atoms with E-state index < -0.39 is 19.0 Å². The van der Waals surface area contributed by atoms with Crippen molar-refractivity contribution in [1.29, 1.82) is 0 Å². The van der Waals surface area contributed by atoms with Crippen molar-refractivity contribution in [3.63, 3.8) is 0 Å². The van der Waals surface area contributed by atoms with E-state index in [-0.39, 0.29) is 23.9 Å². The van der Waals surface area contributed by atoms with Crippen LogP contribution in [0.15, 0.2) is 18.2 Å². The summed E-state index contributed by atoms with van der Waals surface area (Å²) in [6, 6.07) is 5.97. The molecule has 6 heteroatoms. The van der Waals surface area contributed by atoms with Crippen LogP contribution in [-0.2, 0) is 9.36 Å². The summed E-state index contributed by atoms with van der Waals surface area (Å²) in [5.74, 6) is -0.259. The van der Waals surface area contributed by atoms with Crippen molar-refractivity contribution in [2.24, 2.45) is 5.92 Å². The number of rotatable bonds is 10. The number of aliphatic carboxylic acids is 1. The van der Waals surface area contributed by atoms with Crippen molar-refractivity contribution in [2.75, 3.05) is 6.16 Å². The summed E-state index contributed by atoms with van der Waals surface area (Å²) in [5.41, 5.74) is 0.636. The molecule has 0 aliphatic rings. The van der Waals surface area contributed by atoms with Gasteiger partial charge in [-0.05, 0) is 42.2 Å². The zero-order valence-corrected chi connectivity index (χ0v) is 18.9. The Hall–Kier alpha value is -1.32. The van der Waals surface area contributed by atoms with Crippen LogP contribution in [0.2, 0.25) is 0 Å². The van der Waals surface area contributed by atoms with Crippen LogP contribution in [0.1, 0.15) is 84.8 Å². The molecule has 154 valence electrons. The first-order valence-electron chi connectivity index (χ1n) is 9.82. The van der Waals surface area contributed by atoms with E-state index in [9.17, 15) is 14.5 Å². The van der Waals surface area contributed by atoms with Gasteiger partial charge in [0.2, 0.25) is 0 Å². The molecule has 2 N–H and O–H groups in total. The molecule has 27 heavy (non-hydrogen) atoms. The maximum atomic E-state index is 13.8. The van der Waals surface area contributed by atoms with Crippen molar-refractivity contribution < 1.29 is 19.0 Å².